The van der Waals surface area contributed by atoms with E-state index >= 15 is 0 Å². The lowest BCUT2D eigenvalue weighted by Crippen LogP contribution is -2.47. The van der Waals surface area contributed by atoms with Crippen LogP contribution in [-0.4, -0.2) is 55.9 Å². The molecule has 17 heavy (non-hydrogen) atoms. The molecule has 0 saturated heterocycles. The van der Waals surface area contributed by atoms with E-state index in [0.717, 1.165) is 0 Å². The summed E-state index contributed by atoms with van der Waals surface area (Å²) in [5, 5.41) is 15.4. The van der Waals surface area contributed by atoms with E-state index in [1.165, 1.54) is 14.0 Å². The van der Waals surface area contributed by atoms with E-state index in [9.17, 15) is 14.4 Å². The zero-order valence-corrected chi connectivity index (χ0v) is 9.78. The molecular formula is C9H17N3O5. The van der Waals surface area contributed by atoms with Gasteiger partial charge in [-0.05, 0) is 6.92 Å². The van der Waals surface area contributed by atoms with E-state index in [1.54, 1.807) is 0 Å². The highest BCUT2D eigenvalue weighted by atomic mass is 16.5. The van der Waals surface area contributed by atoms with Crippen molar-refractivity contribution < 1.29 is 24.2 Å². The van der Waals surface area contributed by atoms with Crippen LogP contribution < -0.4 is 16.0 Å². The van der Waals surface area contributed by atoms with Gasteiger partial charge in [-0.15, -0.1) is 0 Å². The number of carboxylic acids is 1. The first-order valence-corrected chi connectivity index (χ1v) is 5.00. The summed E-state index contributed by atoms with van der Waals surface area (Å²) in [6.45, 7) is 1.83. The maximum Gasteiger partial charge on any atom is 0.325 e. The molecule has 0 rings (SSSR count). The van der Waals surface area contributed by atoms with Gasteiger partial charge in [-0.25, -0.2) is 4.79 Å². The van der Waals surface area contributed by atoms with Crippen molar-refractivity contribution in [1.82, 2.24) is 16.0 Å². The van der Waals surface area contributed by atoms with Gasteiger partial charge in [0.15, 0.2) is 0 Å². The van der Waals surface area contributed by atoms with Gasteiger partial charge in [-0.1, -0.05) is 0 Å². The Kier molecular flexibility index (Phi) is 7.44. The van der Waals surface area contributed by atoms with Gasteiger partial charge in [0.1, 0.15) is 6.04 Å². The summed E-state index contributed by atoms with van der Waals surface area (Å²) in [4.78, 5) is 32.6. The number of amides is 3. The van der Waals surface area contributed by atoms with Gasteiger partial charge in [-0.2, -0.15) is 0 Å². The predicted octanol–water partition coefficient (Wildman–Crippen LogP) is -1.48. The van der Waals surface area contributed by atoms with Gasteiger partial charge < -0.3 is 25.8 Å². The van der Waals surface area contributed by atoms with Crippen LogP contribution >= 0.6 is 0 Å². The Labute approximate surface area is 98.7 Å². The Morgan fingerprint density at radius 3 is 2.47 bits per heavy atom. The van der Waals surface area contributed by atoms with Crippen molar-refractivity contribution in [3.8, 4) is 0 Å². The number of carbonyl (C=O) groups excluding carboxylic acids is 2. The summed E-state index contributed by atoms with van der Waals surface area (Å²) in [5.41, 5.74) is 0. The van der Waals surface area contributed by atoms with Crippen LogP contribution in [0.4, 0.5) is 4.79 Å². The Bertz CT molecular complexity index is 282. The first-order chi connectivity index (χ1) is 7.97. The molecule has 8 nitrogen and oxygen atoms in total. The average Bonchev–Trinajstić information content (AvgIpc) is 2.26. The minimum atomic E-state index is -1.15. The van der Waals surface area contributed by atoms with Gasteiger partial charge in [-0.3, -0.25) is 9.59 Å². The number of nitrogens with one attached hydrogen (secondary N) is 3. The van der Waals surface area contributed by atoms with Crippen LogP contribution in [0.25, 0.3) is 0 Å². The van der Waals surface area contributed by atoms with E-state index in [-0.39, 0.29) is 12.5 Å². The average molecular weight is 247 g/mol. The zero-order valence-electron chi connectivity index (χ0n) is 9.78. The molecule has 1 atom stereocenters. The van der Waals surface area contributed by atoms with E-state index in [2.05, 4.69) is 16.0 Å². The summed E-state index contributed by atoms with van der Waals surface area (Å²) in [7, 11) is 1.51. The molecule has 3 amide bonds. The number of aliphatic carboxylic acids is 1. The summed E-state index contributed by atoms with van der Waals surface area (Å²) in [6.07, 6.45) is 0. The van der Waals surface area contributed by atoms with Crippen LogP contribution in [0.1, 0.15) is 6.92 Å². The quantitative estimate of drug-likeness (QED) is 0.409. The molecule has 0 spiro atoms. The number of carbonyl (C=O) groups is 3. The normalized spacial score (nSPS) is 11.4. The number of methoxy groups -OCH3 is 1. The SMILES string of the molecule is COCCNC(=O)CNC(=O)N[C@@H](C)C(=O)O. The smallest absolute Gasteiger partial charge is 0.325 e. The predicted molar refractivity (Wildman–Crippen MR) is 58.5 cm³/mol. The van der Waals surface area contributed by atoms with Gasteiger partial charge in [0.25, 0.3) is 0 Å². The second kappa shape index (κ2) is 8.34. The molecule has 0 unspecified atom stereocenters. The summed E-state index contributed by atoms with van der Waals surface area (Å²) < 4.78 is 4.72. The van der Waals surface area contributed by atoms with Gasteiger partial charge in [0.05, 0.1) is 13.2 Å². The molecule has 0 bridgehead atoms. The second-order valence-electron chi connectivity index (χ2n) is 3.23. The number of hydrogen-bond donors (Lipinski definition) is 4. The fourth-order valence-corrected chi connectivity index (χ4v) is 0.825. The van der Waals surface area contributed by atoms with Crippen molar-refractivity contribution in [3.05, 3.63) is 0 Å². The van der Waals surface area contributed by atoms with Crippen molar-refractivity contribution in [1.29, 1.82) is 0 Å². The molecule has 0 aromatic heterocycles. The number of rotatable bonds is 7. The molecule has 0 saturated carbocycles. The molecule has 0 aromatic rings. The molecule has 8 heteroatoms. The molecule has 98 valence electrons. The summed E-state index contributed by atoms with van der Waals surface area (Å²) in [6, 6.07) is -1.71. The van der Waals surface area contributed by atoms with Crippen LogP contribution in [0.3, 0.4) is 0 Å². The van der Waals surface area contributed by atoms with Gasteiger partial charge in [0, 0.05) is 13.7 Å². The van der Waals surface area contributed by atoms with E-state index in [0.29, 0.717) is 13.2 Å². The second-order valence-corrected chi connectivity index (χ2v) is 3.23. The topological polar surface area (TPSA) is 117 Å². The van der Waals surface area contributed by atoms with Crippen LogP contribution in [0.5, 0.6) is 0 Å². The zero-order chi connectivity index (χ0) is 13.3. The molecule has 0 aliphatic rings. The number of urea groups is 1. The monoisotopic (exact) mass is 247 g/mol. The number of hydrogen-bond acceptors (Lipinski definition) is 4. The van der Waals surface area contributed by atoms with E-state index in [4.69, 9.17) is 9.84 Å². The van der Waals surface area contributed by atoms with Gasteiger partial charge >= 0.3 is 12.0 Å². The highest BCUT2D eigenvalue weighted by Crippen LogP contribution is 1.80. The lowest BCUT2D eigenvalue weighted by atomic mass is 10.3. The third kappa shape index (κ3) is 8.03. The lowest BCUT2D eigenvalue weighted by molar-refractivity contribution is -0.138. The third-order valence-electron chi connectivity index (χ3n) is 1.76. The lowest BCUT2D eigenvalue weighted by Gasteiger charge is -2.10. The maximum atomic E-state index is 11.1. The van der Waals surface area contributed by atoms with Crippen LogP contribution in [-0.2, 0) is 14.3 Å². The minimum absolute atomic E-state index is 0.220. The van der Waals surface area contributed by atoms with E-state index < -0.39 is 18.0 Å². The highest BCUT2D eigenvalue weighted by Gasteiger charge is 2.13. The molecule has 0 heterocycles. The fourth-order valence-electron chi connectivity index (χ4n) is 0.825. The van der Waals surface area contributed by atoms with Crippen molar-refractivity contribution in [3.63, 3.8) is 0 Å². The highest BCUT2D eigenvalue weighted by molar-refractivity contribution is 5.86. The molecule has 0 aromatic carbocycles. The van der Waals surface area contributed by atoms with E-state index in [1.807, 2.05) is 0 Å². The number of ether oxygens (including phenoxy) is 1. The molecule has 0 aliphatic heterocycles. The molecule has 0 radical (unpaired) electrons. The summed E-state index contributed by atoms with van der Waals surface area (Å²) >= 11 is 0. The van der Waals surface area contributed by atoms with Crippen LogP contribution in [0, 0.1) is 0 Å². The van der Waals surface area contributed by atoms with Crippen LogP contribution in [0.2, 0.25) is 0 Å². The van der Waals surface area contributed by atoms with Crippen molar-refractivity contribution >= 4 is 17.9 Å². The standard InChI is InChI=1S/C9H17N3O5/c1-6(8(14)15)12-9(16)11-5-7(13)10-3-4-17-2/h6H,3-5H2,1-2H3,(H,10,13)(H,14,15)(H2,11,12,16)/t6-/m0/s1. The first kappa shape index (κ1) is 15.2. The molecule has 0 aliphatic carbocycles. The van der Waals surface area contributed by atoms with Crippen LogP contribution in [0.15, 0.2) is 0 Å². The van der Waals surface area contributed by atoms with Crippen molar-refractivity contribution in [2.24, 2.45) is 0 Å². The maximum absolute atomic E-state index is 11.1. The third-order valence-corrected chi connectivity index (χ3v) is 1.76. The molecule has 0 fully saturated rings. The molecular weight excluding hydrogens is 230 g/mol. The first-order valence-electron chi connectivity index (χ1n) is 5.00. The number of carboxylic acid groups (broad SMARTS) is 1. The van der Waals surface area contributed by atoms with Crippen molar-refractivity contribution in [2.75, 3.05) is 26.8 Å². The Balaban J connectivity index is 3.69. The Morgan fingerprint density at radius 1 is 1.29 bits per heavy atom. The fraction of sp³-hybridized carbons (Fsp3) is 0.667. The summed E-state index contributed by atoms with van der Waals surface area (Å²) in [5.74, 6) is -1.52. The minimum Gasteiger partial charge on any atom is -0.480 e. The largest absolute Gasteiger partial charge is 0.480 e. The Morgan fingerprint density at radius 2 is 1.94 bits per heavy atom. The molecule has 4 N–H and O–H groups in total. The van der Waals surface area contributed by atoms with Crippen molar-refractivity contribution in [2.45, 2.75) is 13.0 Å². The van der Waals surface area contributed by atoms with Gasteiger partial charge in [0.2, 0.25) is 5.91 Å². The Hall–Kier alpha value is -1.83.